The van der Waals surface area contributed by atoms with Gasteiger partial charge in [0.1, 0.15) is 5.82 Å². The summed E-state index contributed by atoms with van der Waals surface area (Å²) in [4.78, 5) is 0.141. The van der Waals surface area contributed by atoms with Gasteiger partial charge in [-0.15, -0.1) is 0 Å². The largest absolute Gasteiger partial charge is 0.317 e. The smallest absolute Gasteiger partial charge is 0.240 e. The van der Waals surface area contributed by atoms with Gasteiger partial charge in [-0.2, -0.15) is 0 Å². The molecule has 1 aliphatic rings. The van der Waals surface area contributed by atoms with E-state index in [0.29, 0.717) is 11.1 Å². The summed E-state index contributed by atoms with van der Waals surface area (Å²) in [5.74, 6) is -0.346. The van der Waals surface area contributed by atoms with E-state index in [2.05, 4.69) is 10.0 Å². The summed E-state index contributed by atoms with van der Waals surface area (Å²) in [6, 6.07) is 2.72. The van der Waals surface area contributed by atoms with Crippen molar-refractivity contribution in [3.05, 3.63) is 29.1 Å². The van der Waals surface area contributed by atoms with Crippen molar-refractivity contribution in [3.63, 3.8) is 0 Å². The van der Waals surface area contributed by atoms with Gasteiger partial charge in [-0.3, -0.25) is 0 Å². The molecule has 0 bridgehead atoms. The molecule has 1 heterocycles. The van der Waals surface area contributed by atoms with E-state index in [1.54, 1.807) is 13.8 Å². The van der Waals surface area contributed by atoms with Gasteiger partial charge in [0.15, 0.2) is 0 Å². The van der Waals surface area contributed by atoms with Crippen LogP contribution in [0.15, 0.2) is 17.0 Å². The summed E-state index contributed by atoms with van der Waals surface area (Å²) in [5, 5.41) is 3.18. The number of hydrogen-bond acceptors (Lipinski definition) is 3. The predicted octanol–water partition coefficient (Wildman–Crippen LogP) is 1.47. The van der Waals surface area contributed by atoms with Gasteiger partial charge in [0.25, 0.3) is 0 Å². The molecule has 1 saturated heterocycles. The van der Waals surface area contributed by atoms with Crippen LogP contribution in [0.25, 0.3) is 0 Å². The van der Waals surface area contributed by atoms with Crippen LogP contribution in [0, 0.1) is 19.7 Å². The molecule has 1 fully saturated rings. The first-order chi connectivity index (χ1) is 8.90. The standard InChI is InChI=1S/C13H19FN2O2S/c1-9-7-12(8-10(2)13(9)14)19(17,18)16-11-3-5-15-6-4-11/h7-8,11,15-16H,3-6H2,1-2H3. The molecule has 106 valence electrons. The van der Waals surface area contributed by atoms with Gasteiger partial charge in [0, 0.05) is 6.04 Å². The van der Waals surface area contributed by atoms with Crippen LogP contribution in [-0.4, -0.2) is 27.5 Å². The summed E-state index contributed by atoms with van der Waals surface area (Å²) in [6.07, 6.45) is 1.55. The van der Waals surface area contributed by atoms with Crippen molar-refractivity contribution >= 4 is 10.0 Å². The zero-order valence-corrected chi connectivity index (χ0v) is 12.0. The summed E-state index contributed by atoms with van der Waals surface area (Å²) >= 11 is 0. The molecule has 0 amide bonds. The van der Waals surface area contributed by atoms with Crippen LogP contribution in [0.5, 0.6) is 0 Å². The minimum absolute atomic E-state index is 0.0445. The number of piperidine rings is 1. The Morgan fingerprint density at radius 1 is 1.21 bits per heavy atom. The average Bonchev–Trinajstić information content (AvgIpc) is 2.36. The third kappa shape index (κ3) is 3.32. The lowest BCUT2D eigenvalue weighted by Crippen LogP contribution is -2.42. The van der Waals surface area contributed by atoms with Crippen molar-refractivity contribution in [2.75, 3.05) is 13.1 Å². The van der Waals surface area contributed by atoms with Crippen molar-refractivity contribution in [1.82, 2.24) is 10.0 Å². The molecule has 1 aliphatic heterocycles. The van der Waals surface area contributed by atoms with Gasteiger partial charge < -0.3 is 5.32 Å². The van der Waals surface area contributed by atoms with Crippen LogP contribution >= 0.6 is 0 Å². The molecule has 4 nitrogen and oxygen atoms in total. The third-order valence-corrected chi connectivity index (χ3v) is 4.88. The van der Waals surface area contributed by atoms with Gasteiger partial charge in [-0.1, -0.05) is 0 Å². The molecule has 1 aromatic rings. The fraction of sp³-hybridized carbons (Fsp3) is 0.538. The van der Waals surface area contributed by atoms with Crippen LogP contribution in [0.4, 0.5) is 4.39 Å². The Bertz CT molecular complexity index is 543. The van der Waals surface area contributed by atoms with Crippen LogP contribution < -0.4 is 10.0 Å². The highest BCUT2D eigenvalue weighted by molar-refractivity contribution is 7.89. The summed E-state index contributed by atoms with van der Waals surface area (Å²) in [7, 11) is -3.57. The van der Waals surface area contributed by atoms with E-state index in [-0.39, 0.29) is 16.8 Å². The van der Waals surface area contributed by atoms with Gasteiger partial charge in [-0.05, 0) is 63.0 Å². The number of halogens is 1. The minimum Gasteiger partial charge on any atom is -0.317 e. The van der Waals surface area contributed by atoms with E-state index < -0.39 is 10.0 Å². The van der Waals surface area contributed by atoms with Crippen molar-refractivity contribution in [1.29, 1.82) is 0 Å². The summed E-state index contributed by atoms with van der Waals surface area (Å²) in [5.41, 5.74) is 0.705. The molecule has 0 aromatic heterocycles. The number of hydrogen-bond donors (Lipinski definition) is 2. The van der Waals surface area contributed by atoms with Gasteiger partial charge in [0.2, 0.25) is 10.0 Å². The number of rotatable bonds is 3. The second-order valence-corrected chi connectivity index (χ2v) is 6.73. The second kappa shape index (κ2) is 5.56. The number of benzene rings is 1. The Hall–Kier alpha value is -0.980. The van der Waals surface area contributed by atoms with Crippen molar-refractivity contribution in [2.24, 2.45) is 0 Å². The first-order valence-electron chi connectivity index (χ1n) is 6.40. The lowest BCUT2D eigenvalue weighted by atomic mass is 10.1. The quantitative estimate of drug-likeness (QED) is 0.885. The highest BCUT2D eigenvalue weighted by Gasteiger charge is 2.22. The maximum absolute atomic E-state index is 13.5. The minimum atomic E-state index is -3.57. The van der Waals surface area contributed by atoms with Crippen LogP contribution in [-0.2, 0) is 10.0 Å². The molecule has 0 saturated carbocycles. The zero-order valence-electron chi connectivity index (χ0n) is 11.2. The molecule has 0 spiro atoms. The summed E-state index contributed by atoms with van der Waals surface area (Å²) in [6.45, 7) is 4.78. The lowest BCUT2D eigenvalue weighted by Gasteiger charge is -2.23. The second-order valence-electron chi connectivity index (χ2n) is 5.02. The van der Waals surface area contributed by atoms with Crippen LogP contribution in [0.2, 0.25) is 0 Å². The van der Waals surface area contributed by atoms with E-state index in [4.69, 9.17) is 0 Å². The fourth-order valence-electron chi connectivity index (χ4n) is 2.29. The Balaban J connectivity index is 2.24. The molecule has 19 heavy (non-hydrogen) atoms. The Morgan fingerprint density at radius 2 is 1.74 bits per heavy atom. The number of nitrogens with one attached hydrogen (secondary N) is 2. The normalized spacial score (nSPS) is 17.6. The molecule has 0 unspecified atom stereocenters. The lowest BCUT2D eigenvalue weighted by molar-refractivity contribution is 0.427. The van der Waals surface area contributed by atoms with E-state index in [0.717, 1.165) is 25.9 Å². The molecule has 0 aliphatic carbocycles. The maximum atomic E-state index is 13.5. The van der Waals surface area contributed by atoms with E-state index in [1.807, 2.05) is 0 Å². The first-order valence-corrected chi connectivity index (χ1v) is 7.88. The van der Waals surface area contributed by atoms with Crippen LogP contribution in [0.3, 0.4) is 0 Å². The topological polar surface area (TPSA) is 58.2 Å². The molecular weight excluding hydrogens is 267 g/mol. The highest BCUT2D eigenvalue weighted by atomic mass is 32.2. The van der Waals surface area contributed by atoms with Gasteiger partial charge in [-0.25, -0.2) is 17.5 Å². The predicted molar refractivity (Wildman–Crippen MR) is 72.1 cm³/mol. The van der Waals surface area contributed by atoms with E-state index in [1.165, 1.54) is 12.1 Å². The monoisotopic (exact) mass is 286 g/mol. The summed E-state index contributed by atoms with van der Waals surface area (Å²) < 4.78 is 40.8. The fourth-order valence-corrected chi connectivity index (χ4v) is 3.76. The Morgan fingerprint density at radius 3 is 2.26 bits per heavy atom. The van der Waals surface area contributed by atoms with E-state index in [9.17, 15) is 12.8 Å². The van der Waals surface area contributed by atoms with Gasteiger partial charge >= 0.3 is 0 Å². The SMILES string of the molecule is Cc1cc(S(=O)(=O)NC2CCNCC2)cc(C)c1F. The number of sulfonamides is 1. The van der Waals surface area contributed by atoms with Crippen molar-refractivity contribution in [3.8, 4) is 0 Å². The molecule has 2 rings (SSSR count). The third-order valence-electron chi connectivity index (χ3n) is 3.38. The molecule has 1 aromatic carbocycles. The average molecular weight is 286 g/mol. The number of aryl methyl sites for hydroxylation is 2. The zero-order chi connectivity index (χ0) is 14.0. The maximum Gasteiger partial charge on any atom is 0.240 e. The Kier molecular flexibility index (Phi) is 4.23. The van der Waals surface area contributed by atoms with Gasteiger partial charge in [0.05, 0.1) is 4.90 Å². The Labute approximate surface area is 113 Å². The molecule has 0 atom stereocenters. The van der Waals surface area contributed by atoms with Crippen LogP contribution in [0.1, 0.15) is 24.0 Å². The van der Waals surface area contributed by atoms with E-state index >= 15 is 0 Å². The molecule has 0 radical (unpaired) electrons. The molecule has 6 heteroatoms. The molecular formula is C13H19FN2O2S. The van der Waals surface area contributed by atoms with Crippen molar-refractivity contribution in [2.45, 2.75) is 37.6 Å². The first kappa shape index (κ1) is 14.4. The molecule has 2 N–H and O–H groups in total. The van der Waals surface area contributed by atoms with Crippen molar-refractivity contribution < 1.29 is 12.8 Å². The highest BCUT2D eigenvalue weighted by Crippen LogP contribution is 2.19.